The average molecular weight is 347 g/mol. The number of nitrogens with zero attached hydrogens (tertiary/aromatic N) is 1. The molecule has 104 valence electrons. The molecule has 2 rings (SSSR count). The SMILES string of the molecule is CCCCOCCn1c(=S)[nH]c2cc(Br)c(F)cc21. The van der Waals surface area contributed by atoms with Crippen molar-refractivity contribution in [3.8, 4) is 0 Å². The zero-order valence-corrected chi connectivity index (χ0v) is 13.1. The second kappa shape index (κ2) is 6.63. The van der Waals surface area contributed by atoms with Crippen LogP contribution in [0.15, 0.2) is 16.6 Å². The molecule has 2 aromatic rings. The Labute approximate surface area is 124 Å². The maximum Gasteiger partial charge on any atom is 0.178 e. The Morgan fingerprint density at radius 1 is 1.42 bits per heavy atom. The summed E-state index contributed by atoms with van der Waals surface area (Å²) >= 11 is 8.42. The first-order valence-electron chi connectivity index (χ1n) is 6.28. The van der Waals surface area contributed by atoms with Crippen LogP contribution in [0.4, 0.5) is 4.39 Å². The highest BCUT2D eigenvalue weighted by Crippen LogP contribution is 2.23. The minimum absolute atomic E-state index is 0.290. The van der Waals surface area contributed by atoms with Crippen LogP contribution in [0.5, 0.6) is 0 Å². The molecule has 0 bridgehead atoms. The molecule has 1 aromatic heterocycles. The predicted octanol–water partition coefficient (Wildman–Crippen LogP) is 4.42. The minimum Gasteiger partial charge on any atom is -0.380 e. The first-order valence-corrected chi connectivity index (χ1v) is 7.49. The highest BCUT2D eigenvalue weighted by molar-refractivity contribution is 9.10. The van der Waals surface area contributed by atoms with Crippen LogP contribution in [0, 0.1) is 10.6 Å². The Balaban J connectivity index is 2.16. The second-order valence-electron chi connectivity index (χ2n) is 4.33. The number of fused-ring (bicyclic) bond motifs is 1. The molecule has 0 saturated heterocycles. The van der Waals surface area contributed by atoms with Gasteiger partial charge in [0.05, 0.1) is 22.1 Å². The fourth-order valence-electron chi connectivity index (χ4n) is 1.88. The summed E-state index contributed by atoms with van der Waals surface area (Å²) in [5.41, 5.74) is 1.59. The summed E-state index contributed by atoms with van der Waals surface area (Å²) in [7, 11) is 0. The standard InChI is InChI=1S/C13H16BrFN2OS/c1-2-3-5-18-6-4-17-12-8-10(15)9(14)7-11(12)16-13(17)19/h7-8H,2-6H2,1H3,(H,16,19). The van der Waals surface area contributed by atoms with Crippen LogP contribution in [-0.4, -0.2) is 22.8 Å². The van der Waals surface area contributed by atoms with Crippen molar-refractivity contribution in [3.63, 3.8) is 0 Å². The number of hydrogen-bond acceptors (Lipinski definition) is 2. The largest absolute Gasteiger partial charge is 0.380 e. The Morgan fingerprint density at radius 3 is 2.95 bits per heavy atom. The molecule has 1 N–H and O–H groups in total. The smallest absolute Gasteiger partial charge is 0.178 e. The zero-order valence-electron chi connectivity index (χ0n) is 10.7. The molecule has 0 spiro atoms. The molecule has 1 aromatic carbocycles. The fourth-order valence-corrected chi connectivity index (χ4v) is 2.52. The van der Waals surface area contributed by atoms with Gasteiger partial charge < -0.3 is 14.3 Å². The van der Waals surface area contributed by atoms with Crippen molar-refractivity contribution < 1.29 is 9.13 Å². The van der Waals surface area contributed by atoms with Crippen molar-refractivity contribution in [2.45, 2.75) is 26.3 Å². The Kier molecular flexibility index (Phi) is 5.13. The van der Waals surface area contributed by atoms with E-state index in [4.69, 9.17) is 17.0 Å². The van der Waals surface area contributed by atoms with Crippen LogP contribution >= 0.6 is 28.1 Å². The summed E-state index contributed by atoms with van der Waals surface area (Å²) in [6.45, 7) is 4.09. The van der Waals surface area contributed by atoms with Crippen molar-refractivity contribution >= 4 is 39.2 Å². The van der Waals surface area contributed by atoms with E-state index < -0.39 is 0 Å². The number of aromatic amines is 1. The molecule has 0 radical (unpaired) electrons. The van der Waals surface area contributed by atoms with Gasteiger partial charge in [-0.3, -0.25) is 0 Å². The number of imidazole rings is 1. The maximum atomic E-state index is 13.6. The number of rotatable bonds is 6. The van der Waals surface area contributed by atoms with E-state index in [1.807, 2.05) is 4.57 Å². The number of H-pyrrole nitrogens is 1. The summed E-state index contributed by atoms with van der Waals surface area (Å²) in [6.07, 6.45) is 2.17. The summed E-state index contributed by atoms with van der Waals surface area (Å²) in [5, 5.41) is 0. The van der Waals surface area contributed by atoms with Gasteiger partial charge in [0.2, 0.25) is 0 Å². The first-order chi connectivity index (χ1) is 9.13. The summed E-state index contributed by atoms with van der Waals surface area (Å²) in [6, 6.07) is 3.19. The van der Waals surface area contributed by atoms with Crippen molar-refractivity contribution in [1.82, 2.24) is 9.55 Å². The van der Waals surface area contributed by atoms with E-state index in [0.717, 1.165) is 30.5 Å². The lowest BCUT2D eigenvalue weighted by Crippen LogP contribution is -2.07. The lowest BCUT2D eigenvalue weighted by molar-refractivity contribution is 0.124. The molecule has 0 fully saturated rings. The van der Waals surface area contributed by atoms with Gasteiger partial charge in [-0.25, -0.2) is 4.39 Å². The first kappa shape index (κ1) is 14.7. The van der Waals surface area contributed by atoms with E-state index in [1.54, 1.807) is 6.07 Å². The molecule has 1 heterocycles. The van der Waals surface area contributed by atoms with E-state index in [9.17, 15) is 4.39 Å². The molecular weight excluding hydrogens is 331 g/mol. The number of benzene rings is 1. The molecule has 0 unspecified atom stereocenters. The molecule has 3 nitrogen and oxygen atoms in total. The molecular formula is C13H16BrFN2OS. The van der Waals surface area contributed by atoms with Gasteiger partial charge in [-0.15, -0.1) is 0 Å². The number of ether oxygens (including phenoxy) is 1. The van der Waals surface area contributed by atoms with Gasteiger partial charge in [0.1, 0.15) is 5.82 Å². The van der Waals surface area contributed by atoms with Gasteiger partial charge in [0.25, 0.3) is 0 Å². The average Bonchev–Trinajstić information content (AvgIpc) is 2.66. The number of halogens is 2. The second-order valence-corrected chi connectivity index (χ2v) is 5.57. The Hall–Kier alpha value is -0.720. The van der Waals surface area contributed by atoms with Crippen molar-refractivity contribution in [3.05, 3.63) is 27.2 Å². The molecule has 0 saturated carbocycles. The minimum atomic E-state index is -0.290. The predicted molar refractivity (Wildman–Crippen MR) is 80.5 cm³/mol. The lowest BCUT2D eigenvalue weighted by atomic mass is 10.3. The van der Waals surface area contributed by atoms with Gasteiger partial charge in [0, 0.05) is 19.2 Å². The number of unbranched alkanes of at least 4 members (excludes halogenated alkanes) is 1. The third-order valence-corrected chi connectivity index (χ3v) is 3.85. The van der Waals surface area contributed by atoms with Crippen LogP contribution in [0.3, 0.4) is 0 Å². The van der Waals surface area contributed by atoms with E-state index in [1.165, 1.54) is 6.07 Å². The van der Waals surface area contributed by atoms with Crippen LogP contribution in [-0.2, 0) is 11.3 Å². The van der Waals surface area contributed by atoms with E-state index >= 15 is 0 Å². The third kappa shape index (κ3) is 3.43. The van der Waals surface area contributed by atoms with Crippen LogP contribution < -0.4 is 0 Å². The normalized spacial score (nSPS) is 11.3. The summed E-state index contributed by atoms with van der Waals surface area (Å²) in [4.78, 5) is 3.07. The van der Waals surface area contributed by atoms with Gasteiger partial charge in [-0.1, -0.05) is 13.3 Å². The number of nitrogens with one attached hydrogen (secondary N) is 1. The van der Waals surface area contributed by atoms with Crippen molar-refractivity contribution in [2.75, 3.05) is 13.2 Å². The Morgan fingerprint density at radius 2 is 2.21 bits per heavy atom. The monoisotopic (exact) mass is 346 g/mol. The molecule has 6 heteroatoms. The van der Waals surface area contributed by atoms with E-state index in [-0.39, 0.29) is 5.82 Å². The molecule has 0 amide bonds. The molecule has 19 heavy (non-hydrogen) atoms. The molecule has 0 atom stereocenters. The van der Waals surface area contributed by atoms with E-state index in [2.05, 4.69) is 27.8 Å². The van der Waals surface area contributed by atoms with Gasteiger partial charge in [-0.2, -0.15) is 0 Å². The highest BCUT2D eigenvalue weighted by Gasteiger charge is 2.08. The highest BCUT2D eigenvalue weighted by atomic mass is 79.9. The van der Waals surface area contributed by atoms with Crippen molar-refractivity contribution in [1.29, 1.82) is 0 Å². The van der Waals surface area contributed by atoms with Crippen LogP contribution in [0.1, 0.15) is 19.8 Å². The van der Waals surface area contributed by atoms with Crippen LogP contribution in [0.2, 0.25) is 0 Å². The summed E-state index contributed by atoms with van der Waals surface area (Å²) < 4.78 is 22.0. The van der Waals surface area contributed by atoms with Crippen molar-refractivity contribution in [2.24, 2.45) is 0 Å². The molecule has 0 aliphatic rings. The molecule has 0 aliphatic heterocycles. The van der Waals surface area contributed by atoms with Gasteiger partial charge in [0.15, 0.2) is 4.77 Å². The lowest BCUT2D eigenvalue weighted by Gasteiger charge is -2.06. The Bertz CT molecular complexity index is 623. The van der Waals surface area contributed by atoms with Crippen LogP contribution in [0.25, 0.3) is 11.0 Å². The van der Waals surface area contributed by atoms with Gasteiger partial charge in [-0.05, 0) is 40.6 Å². The zero-order chi connectivity index (χ0) is 13.8. The quantitative estimate of drug-likeness (QED) is 0.619. The topological polar surface area (TPSA) is 29.9 Å². The maximum absolute atomic E-state index is 13.6. The molecule has 0 aliphatic carbocycles. The third-order valence-electron chi connectivity index (χ3n) is 2.92. The number of aromatic nitrogens is 2. The fraction of sp³-hybridized carbons (Fsp3) is 0.462. The van der Waals surface area contributed by atoms with E-state index in [0.29, 0.717) is 22.4 Å². The summed E-state index contributed by atoms with van der Waals surface area (Å²) in [5.74, 6) is -0.290. The number of hydrogen-bond donors (Lipinski definition) is 1. The van der Waals surface area contributed by atoms with Gasteiger partial charge >= 0.3 is 0 Å².